The summed E-state index contributed by atoms with van der Waals surface area (Å²) in [4.78, 5) is 63.6. The Morgan fingerprint density at radius 2 is 1.20 bits per heavy atom. The van der Waals surface area contributed by atoms with Gasteiger partial charge in [0, 0.05) is 39.7 Å². The number of ether oxygens (including phenoxy) is 3. The summed E-state index contributed by atoms with van der Waals surface area (Å²) in [5.41, 5.74) is 32.7. The molecule has 0 spiro atoms. The number of rotatable bonds is 12. The van der Waals surface area contributed by atoms with E-state index in [1.165, 1.54) is 34.0 Å². The van der Waals surface area contributed by atoms with Crippen molar-refractivity contribution < 1.29 is 34.0 Å². The molecule has 0 bridgehead atoms. The average Bonchev–Trinajstić information content (AvgIpc) is 3.85. The molecule has 6 rings (SSSR count). The highest BCUT2D eigenvalue weighted by atomic mass is 16.6. The highest BCUT2D eigenvalue weighted by molar-refractivity contribution is 6.06. The molecular formula is C35H50N16O9. The van der Waals surface area contributed by atoms with Crippen LogP contribution in [0.25, 0.3) is 31.3 Å². The lowest BCUT2D eigenvalue weighted by Crippen LogP contribution is -2.46. The fourth-order valence-corrected chi connectivity index (χ4v) is 7.57. The van der Waals surface area contributed by atoms with Crippen LogP contribution in [0.2, 0.25) is 0 Å². The van der Waals surface area contributed by atoms with Crippen LogP contribution < -0.4 is 22.8 Å². The second-order valence-corrected chi connectivity index (χ2v) is 14.8. The third-order valence-corrected chi connectivity index (χ3v) is 11.4. The molecule has 4 aliphatic rings. The highest BCUT2D eigenvalue weighted by Crippen LogP contribution is 2.43. The zero-order chi connectivity index (χ0) is 44.3. The van der Waals surface area contributed by atoms with Crippen LogP contribution in [0.3, 0.4) is 0 Å². The summed E-state index contributed by atoms with van der Waals surface area (Å²) < 4.78 is 20.2. The Balaban J connectivity index is 0.000000198. The zero-order valence-electron chi connectivity index (χ0n) is 33.7. The van der Waals surface area contributed by atoms with E-state index in [1.54, 1.807) is 12.3 Å². The molecule has 3 saturated heterocycles. The molecule has 0 aromatic carbocycles. The summed E-state index contributed by atoms with van der Waals surface area (Å²) in [5, 5.41) is 30.0. The molecule has 2 aromatic heterocycles. The van der Waals surface area contributed by atoms with Gasteiger partial charge in [-0.25, -0.2) is 9.59 Å². The van der Waals surface area contributed by atoms with E-state index in [4.69, 9.17) is 42.3 Å². The van der Waals surface area contributed by atoms with Crippen LogP contribution in [0.15, 0.2) is 61.7 Å². The van der Waals surface area contributed by atoms with E-state index in [9.17, 15) is 29.4 Å². The molecule has 6 N–H and O–H groups in total. The lowest BCUT2D eigenvalue weighted by atomic mass is 9.86. The highest BCUT2D eigenvalue weighted by Gasteiger charge is 2.49. The second-order valence-electron chi connectivity index (χ2n) is 14.8. The number of aliphatic hydroxyl groups excluding tert-OH is 2. The van der Waals surface area contributed by atoms with Crippen molar-refractivity contribution in [3.05, 3.63) is 89.1 Å². The predicted octanol–water partition coefficient (Wildman–Crippen LogP) is 3.13. The Morgan fingerprint density at radius 1 is 0.767 bits per heavy atom. The predicted molar refractivity (Wildman–Crippen MR) is 213 cm³/mol. The standard InChI is InChI=1S/C13H18N4O3.C12H18N6O2.C10H14N6O4/c1-3-13(8-15-16-14)9(2)6-12(20-13)17-5-4-10(18)7-11(17)19;1-3-12(7-15-17-14)8(2)6-10(20-12)18-5-4-9(13)16-11(18)19;11-7-1-2-16(9(19)14-7)8-3-6(18)10(5-17,20-8)4-13-15-12/h4-5,9,12H,3,6-8H2,1-2H3;4-5,8,10H,3,6-7H2,1-2H3,(H2,13,16,19);1-2,6,8,17-18H,3-5H2,(H2,11,14,19)/t9-,12+,13-;8-,10+,12-;6-,8+,10+/m000/s1. The number of aliphatic hydroxyl groups is 2. The monoisotopic (exact) mass is 838 g/mol. The zero-order valence-corrected chi connectivity index (χ0v) is 33.7. The Bertz CT molecular complexity index is 2060. The van der Waals surface area contributed by atoms with Crippen LogP contribution in [0.1, 0.15) is 78.7 Å². The van der Waals surface area contributed by atoms with Crippen molar-refractivity contribution in [1.82, 2.24) is 24.0 Å². The number of ketones is 1. The maximum Gasteiger partial charge on any atom is 0.351 e. The van der Waals surface area contributed by atoms with Crippen LogP contribution in [0.5, 0.6) is 0 Å². The minimum Gasteiger partial charge on any atom is -0.393 e. The fraction of sp³-hybridized carbons (Fsp3) is 0.657. The molecule has 4 aliphatic heterocycles. The second kappa shape index (κ2) is 20.3. The summed E-state index contributed by atoms with van der Waals surface area (Å²) in [6.45, 7) is 7.75. The Morgan fingerprint density at radius 3 is 1.63 bits per heavy atom. The molecule has 324 valence electrons. The molecule has 3 fully saturated rings. The first-order valence-corrected chi connectivity index (χ1v) is 19.1. The van der Waals surface area contributed by atoms with Gasteiger partial charge in [-0.15, -0.1) is 0 Å². The Hall–Kier alpha value is -6.03. The maximum absolute atomic E-state index is 11.9. The summed E-state index contributed by atoms with van der Waals surface area (Å²) in [6.07, 6.45) is 5.88. The minimum absolute atomic E-state index is 0.0625. The van der Waals surface area contributed by atoms with Gasteiger partial charge in [0.15, 0.2) is 5.78 Å². The number of carbonyl (C=O) groups is 2. The van der Waals surface area contributed by atoms with E-state index in [0.29, 0.717) is 25.7 Å². The lowest BCUT2D eigenvalue weighted by molar-refractivity contribution is -0.149. The molecule has 0 radical (unpaired) electrons. The van der Waals surface area contributed by atoms with Gasteiger partial charge >= 0.3 is 11.4 Å². The number of aromatic nitrogens is 4. The molecule has 25 nitrogen and oxygen atoms in total. The van der Waals surface area contributed by atoms with Gasteiger partial charge in [-0.3, -0.25) is 23.6 Å². The van der Waals surface area contributed by atoms with Crippen molar-refractivity contribution in [1.29, 1.82) is 0 Å². The van der Waals surface area contributed by atoms with Gasteiger partial charge in [0.25, 0.3) is 0 Å². The van der Waals surface area contributed by atoms with Crippen molar-refractivity contribution in [3.63, 3.8) is 0 Å². The molecule has 2 aromatic rings. The molecular weight excluding hydrogens is 788 g/mol. The normalized spacial score (nSPS) is 30.5. The number of hydrogen-bond acceptors (Lipinski definition) is 16. The number of anilines is 2. The van der Waals surface area contributed by atoms with E-state index in [0.717, 1.165) is 4.57 Å². The third kappa shape index (κ3) is 10.4. The van der Waals surface area contributed by atoms with Crippen molar-refractivity contribution in [2.24, 2.45) is 27.2 Å². The quantitative estimate of drug-likeness (QED) is 0.103. The van der Waals surface area contributed by atoms with Crippen LogP contribution in [-0.4, -0.2) is 101 Å². The van der Waals surface area contributed by atoms with Crippen molar-refractivity contribution in [2.75, 3.05) is 37.7 Å². The van der Waals surface area contributed by atoms with Crippen molar-refractivity contribution in [2.45, 2.75) is 108 Å². The molecule has 9 atom stereocenters. The summed E-state index contributed by atoms with van der Waals surface area (Å²) in [7, 11) is 0. The fourth-order valence-electron chi connectivity index (χ4n) is 7.57. The van der Waals surface area contributed by atoms with Gasteiger partial charge < -0.3 is 35.9 Å². The van der Waals surface area contributed by atoms with Gasteiger partial charge in [0.2, 0.25) is 5.91 Å². The molecule has 0 aliphatic carbocycles. The number of nitrogens with zero attached hydrogens (tertiary/aromatic N) is 14. The van der Waals surface area contributed by atoms with Gasteiger partial charge in [-0.1, -0.05) is 43.0 Å². The summed E-state index contributed by atoms with van der Waals surface area (Å²) in [5.74, 6) is 0.174. The molecule has 60 heavy (non-hydrogen) atoms. The van der Waals surface area contributed by atoms with Crippen LogP contribution in [0.4, 0.5) is 11.6 Å². The number of carbonyl (C=O) groups excluding carboxylic acids is 2. The molecule has 6 heterocycles. The summed E-state index contributed by atoms with van der Waals surface area (Å²) in [6, 6.07) is 2.98. The largest absolute Gasteiger partial charge is 0.393 e. The number of nitrogens with two attached hydrogens (primary N) is 2. The number of nitrogen functional groups attached to an aromatic ring is 2. The maximum atomic E-state index is 11.9. The number of amides is 1. The van der Waals surface area contributed by atoms with Gasteiger partial charge in [0.1, 0.15) is 35.9 Å². The molecule has 0 saturated carbocycles. The number of allylic oxidation sites excluding steroid dienone is 1. The van der Waals surface area contributed by atoms with Crippen LogP contribution >= 0.6 is 0 Å². The van der Waals surface area contributed by atoms with Gasteiger partial charge in [0.05, 0.1) is 50.0 Å². The minimum atomic E-state index is -1.42. The number of azide groups is 3. The third-order valence-electron chi connectivity index (χ3n) is 11.4. The molecule has 25 heteroatoms. The average molecular weight is 839 g/mol. The van der Waals surface area contributed by atoms with Gasteiger partial charge in [-0.05, 0) is 72.3 Å². The van der Waals surface area contributed by atoms with E-state index < -0.39 is 59.6 Å². The van der Waals surface area contributed by atoms with E-state index >= 15 is 0 Å². The van der Waals surface area contributed by atoms with E-state index in [2.05, 4.69) is 40.0 Å². The Kier molecular flexibility index (Phi) is 15.8. The van der Waals surface area contributed by atoms with Crippen molar-refractivity contribution in [3.8, 4) is 0 Å². The first-order chi connectivity index (χ1) is 28.6. The SMILES string of the molecule is CC[C@@]1(CN=[N+]=[N-])O[C@@H](N2C=CC(=O)CC2=O)C[C@@H]1C.CC[C@@]1(CN=[N+]=[N-])O[C@@H](n2ccc(N)nc2=O)C[C@@H]1C.[N-]=[N+]=NC[C@]1(CO)O[C@@H](n2ccc(N)nc2=O)C[C@@H]1O. The lowest BCUT2D eigenvalue weighted by Gasteiger charge is -2.32. The van der Waals surface area contributed by atoms with Crippen molar-refractivity contribution >= 4 is 23.3 Å². The van der Waals surface area contributed by atoms with Gasteiger partial charge in [-0.2, -0.15) is 9.97 Å². The smallest absolute Gasteiger partial charge is 0.351 e. The molecule has 1 amide bonds. The number of hydrogen-bond donors (Lipinski definition) is 4. The van der Waals surface area contributed by atoms with Crippen LogP contribution in [0, 0.1) is 11.8 Å². The van der Waals surface area contributed by atoms with E-state index in [1.807, 2.05) is 27.7 Å². The van der Waals surface area contributed by atoms with E-state index in [-0.39, 0.29) is 67.6 Å². The molecule has 0 unspecified atom stereocenters. The topological polar surface area (TPSA) is 374 Å². The first kappa shape index (κ1) is 46.7. The summed E-state index contributed by atoms with van der Waals surface area (Å²) >= 11 is 0. The Labute approximate surface area is 342 Å². The first-order valence-electron chi connectivity index (χ1n) is 19.1. The van der Waals surface area contributed by atoms with Crippen LogP contribution in [-0.2, 0) is 23.8 Å².